The van der Waals surface area contributed by atoms with Gasteiger partial charge in [-0.05, 0) is 0 Å². The average Bonchev–Trinajstić information content (AvgIpc) is 2.00. The Bertz CT molecular complexity index is 223. The van der Waals surface area contributed by atoms with Gasteiger partial charge in [0.15, 0.2) is 0 Å². The Balaban J connectivity index is 4.44. The third-order valence-corrected chi connectivity index (χ3v) is 2.32. The Morgan fingerprint density at radius 2 is 2.08 bits per heavy atom. The van der Waals surface area contributed by atoms with E-state index in [1.54, 1.807) is 6.92 Å². The molecule has 0 rings (SSSR count). The van der Waals surface area contributed by atoms with E-state index in [1.165, 1.54) is 0 Å². The summed E-state index contributed by atoms with van der Waals surface area (Å²) in [6.45, 7) is 1.68. The number of allylic oxidation sites excluding steroid dienone is 1. The fraction of sp³-hybridized carbons (Fsp3) is 0.600. The number of hydrogen-bond acceptors (Lipinski definition) is 3. The Kier molecular flexibility index (Phi) is 5.21. The number of phosphoric acid groups is 1. The molecule has 0 spiro atoms. The van der Waals surface area contributed by atoms with Crippen LogP contribution in [0.15, 0.2) is 10.3 Å². The monoisotopic (exact) mass is 234 g/mol. The standard InChI is InChI=1S/C5H9Cl2O4P/c1-3-4(5(6)7)11-12(8,9)10-2/h3H2,1-2H3,(H,8,9). The molecule has 1 unspecified atom stereocenters. The van der Waals surface area contributed by atoms with Gasteiger partial charge in [-0.1, -0.05) is 30.1 Å². The van der Waals surface area contributed by atoms with Gasteiger partial charge in [0.05, 0.1) is 0 Å². The van der Waals surface area contributed by atoms with E-state index in [4.69, 9.17) is 28.1 Å². The Morgan fingerprint density at radius 3 is 2.33 bits per heavy atom. The van der Waals surface area contributed by atoms with Gasteiger partial charge in [-0.3, -0.25) is 9.42 Å². The molecule has 12 heavy (non-hydrogen) atoms. The molecule has 0 saturated heterocycles. The van der Waals surface area contributed by atoms with Crippen LogP contribution in [0.2, 0.25) is 0 Å². The topological polar surface area (TPSA) is 55.8 Å². The highest BCUT2D eigenvalue weighted by atomic mass is 35.5. The first kappa shape index (κ1) is 12.3. The van der Waals surface area contributed by atoms with Gasteiger partial charge in [-0.15, -0.1) is 0 Å². The molecule has 0 heterocycles. The van der Waals surface area contributed by atoms with Crippen molar-refractivity contribution in [3.05, 3.63) is 10.3 Å². The number of hydrogen-bond donors (Lipinski definition) is 1. The van der Waals surface area contributed by atoms with Crippen LogP contribution in [0.4, 0.5) is 0 Å². The summed E-state index contributed by atoms with van der Waals surface area (Å²) in [4.78, 5) is 8.83. The Morgan fingerprint density at radius 1 is 1.58 bits per heavy atom. The van der Waals surface area contributed by atoms with Crippen LogP contribution in [0, 0.1) is 0 Å². The van der Waals surface area contributed by atoms with Crippen molar-refractivity contribution in [2.75, 3.05) is 7.11 Å². The molecule has 0 aliphatic rings. The molecule has 0 aromatic carbocycles. The predicted octanol–water partition coefficient (Wildman–Crippen LogP) is 2.81. The zero-order valence-electron chi connectivity index (χ0n) is 6.58. The second-order valence-electron chi connectivity index (χ2n) is 1.78. The van der Waals surface area contributed by atoms with Crippen LogP contribution in [0.25, 0.3) is 0 Å². The van der Waals surface area contributed by atoms with Crippen molar-refractivity contribution in [2.45, 2.75) is 13.3 Å². The molecule has 0 fully saturated rings. The normalized spacial score (nSPS) is 15.1. The van der Waals surface area contributed by atoms with E-state index in [-0.39, 0.29) is 10.3 Å². The summed E-state index contributed by atoms with van der Waals surface area (Å²) < 4.78 is 19.3. The average molecular weight is 235 g/mol. The smallest absolute Gasteiger partial charge is 0.406 e. The molecule has 0 radical (unpaired) electrons. The van der Waals surface area contributed by atoms with Gasteiger partial charge in [0, 0.05) is 13.5 Å². The first-order valence-corrected chi connectivity index (χ1v) is 5.30. The summed E-state index contributed by atoms with van der Waals surface area (Å²) in [7, 11) is -2.97. The van der Waals surface area contributed by atoms with Gasteiger partial charge >= 0.3 is 7.82 Å². The predicted molar refractivity (Wildman–Crippen MR) is 46.9 cm³/mol. The summed E-state index contributed by atoms with van der Waals surface area (Å²) in [5, 5.41) is 0. The molecule has 7 heteroatoms. The first-order chi connectivity index (χ1) is 5.43. The molecule has 72 valence electrons. The number of phosphoric ester groups is 1. The summed E-state index contributed by atoms with van der Waals surface area (Å²) in [5.41, 5.74) is 0. The molecule has 0 aromatic rings. The molecule has 1 atom stereocenters. The SMILES string of the molecule is CCC(OP(=O)(O)OC)=C(Cl)Cl. The molecule has 0 saturated carbocycles. The lowest BCUT2D eigenvalue weighted by Crippen LogP contribution is -1.92. The van der Waals surface area contributed by atoms with E-state index in [1.807, 2.05) is 0 Å². The van der Waals surface area contributed by atoms with E-state index in [0.29, 0.717) is 6.42 Å². The zero-order chi connectivity index (χ0) is 9.78. The maximum absolute atomic E-state index is 10.8. The van der Waals surface area contributed by atoms with E-state index in [0.717, 1.165) is 7.11 Å². The van der Waals surface area contributed by atoms with Gasteiger partial charge in [0.2, 0.25) is 0 Å². The largest absolute Gasteiger partial charge is 0.526 e. The summed E-state index contributed by atoms with van der Waals surface area (Å²) in [5.74, 6) is 0.0333. The minimum atomic E-state index is -4.03. The van der Waals surface area contributed by atoms with Crippen molar-refractivity contribution in [3.8, 4) is 0 Å². The molecule has 0 aliphatic carbocycles. The second kappa shape index (κ2) is 5.10. The first-order valence-electron chi connectivity index (χ1n) is 3.05. The minimum Gasteiger partial charge on any atom is -0.406 e. The van der Waals surface area contributed by atoms with Crippen LogP contribution in [0.1, 0.15) is 13.3 Å². The van der Waals surface area contributed by atoms with Gasteiger partial charge in [-0.2, -0.15) is 0 Å². The van der Waals surface area contributed by atoms with Gasteiger partial charge in [-0.25, -0.2) is 4.57 Å². The van der Waals surface area contributed by atoms with Crippen molar-refractivity contribution in [3.63, 3.8) is 0 Å². The van der Waals surface area contributed by atoms with Crippen LogP contribution in [0.5, 0.6) is 0 Å². The zero-order valence-corrected chi connectivity index (χ0v) is 8.99. The van der Waals surface area contributed by atoms with E-state index in [2.05, 4.69) is 9.05 Å². The third-order valence-electron chi connectivity index (χ3n) is 0.988. The lowest BCUT2D eigenvalue weighted by molar-refractivity contribution is 0.206. The van der Waals surface area contributed by atoms with Crippen LogP contribution < -0.4 is 0 Å². The molecule has 4 nitrogen and oxygen atoms in total. The van der Waals surface area contributed by atoms with Crippen LogP contribution in [-0.2, 0) is 13.6 Å². The van der Waals surface area contributed by atoms with Crippen LogP contribution in [0.3, 0.4) is 0 Å². The molecular weight excluding hydrogens is 226 g/mol. The molecular formula is C5H9Cl2O4P. The highest BCUT2D eigenvalue weighted by Gasteiger charge is 2.22. The van der Waals surface area contributed by atoms with Crippen molar-refractivity contribution in [2.24, 2.45) is 0 Å². The fourth-order valence-electron chi connectivity index (χ4n) is 0.409. The van der Waals surface area contributed by atoms with Crippen molar-refractivity contribution in [1.29, 1.82) is 0 Å². The Labute approximate surface area is 80.7 Å². The van der Waals surface area contributed by atoms with E-state index in [9.17, 15) is 4.57 Å². The number of rotatable bonds is 4. The minimum absolute atomic E-state index is 0.0333. The maximum Gasteiger partial charge on any atom is 0.526 e. The van der Waals surface area contributed by atoms with E-state index >= 15 is 0 Å². The second-order valence-corrected chi connectivity index (χ2v) is 4.21. The van der Waals surface area contributed by atoms with Crippen molar-refractivity contribution >= 4 is 31.0 Å². The highest BCUT2D eigenvalue weighted by Crippen LogP contribution is 2.46. The highest BCUT2D eigenvalue weighted by molar-refractivity contribution is 7.47. The maximum atomic E-state index is 10.8. The van der Waals surface area contributed by atoms with Crippen LogP contribution >= 0.6 is 31.0 Å². The van der Waals surface area contributed by atoms with Crippen LogP contribution in [-0.4, -0.2) is 12.0 Å². The van der Waals surface area contributed by atoms with Crippen molar-refractivity contribution in [1.82, 2.24) is 0 Å². The fourth-order valence-corrected chi connectivity index (χ4v) is 1.43. The lowest BCUT2D eigenvalue weighted by Gasteiger charge is -2.11. The van der Waals surface area contributed by atoms with Crippen molar-refractivity contribution < 1.29 is 18.5 Å². The molecule has 0 amide bonds. The van der Waals surface area contributed by atoms with Gasteiger partial charge in [0.1, 0.15) is 10.3 Å². The Hall–Kier alpha value is 0.270. The van der Waals surface area contributed by atoms with E-state index < -0.39 is 7.82 Å². The third kappa shape index (κ3) is 4.33. The van der Waals surface area contributed by atoms with Gasteiger partial charge in [0.25, 0.3) is 0 Å². The number of halogens is 2. The molecule has 0 aliphatic heterocycles. The lowest BCUT2D eigenvalue weighted by atomic mass is 10.4. The summed E-state index contributed by atoms with van der Waals surface area (Å²) in [6, 6.07) is 0. The summed E-state index contributed by atoms with van der Waals surface area (Å²) >= 11 is 10.7. The van der Waals surface area contributed by atoms with Gasteiger partial charge < -0.3 is 4.52 Å². The molecule has 0 bridgehead atoms. The molecule has 0 aromatic heterocycles. The summed E-state index contributed by atoms with van der Waals surface area (Å²) in [6.07, 6.45) is 0.316. The quantitative estimate of drug-likeness (QED) is 0.601. The molecule has 1 N–H and O–H groups in total.